The summed E-state index contributed by atoms with van der Waals surface area (Å²) in [5, 5.41) is 15.6. The van der Waals surface area contributed by atoms with Gasteiger partial charge in [-0.05, 0) is 38.0 Å². The average molecular weight is 395 g/mol. The molecule has 27 heavy (non-hydrogen) atoms. The zero-order valence-electron chi connectivity index (χ0n) is 15.2. The molecule has 0 saturated heterocycles. The van der Waals surface area contributed by atoms with E-state index in [1.807, 2.05) is 12.1 Å². The number of urea groups is 1. The van der Waals surface area contributed by atoms with E-state index in [2.05, 4.69) is 15.6 Å². The van der Waals surface area contributed by atoms with Gasteiger partial charge >= 0.3 is 11.7 Å². The Labute approximate surface area is 161 Å². The summed E-state index contributed by atoms with van der Waals surface area (Å²) in [4.78, 5) is 37.8. The molecule has 9 heteroatoms. The lowest BCUT2D eigenvalue weighted by Gasteiger charge is -2.29. The van der Waals surface area contributed by atoms with E-state index in [0.717, 1.165) is 5.56 Å². The van der Waals surface area contributed by atoms with Crippen LogP contribution in [0, 0.1) is 0 Å². The molecule has 1 atom stereocenters. The Hall–Kier alpha value is -2.58. The average Bonchev–Trinajstić information content (AvgIpc) is 2.63. The second kappa shape index (κ2) is 8.88. The van der Waals surface area contributed by atoms with Crippen LogP contribution in [0.25, 0.3) is 0 Å². The Morgan fingerprint density at radius 1 is 1.30 bits per heavy atom. The molecule has 2 rings (SSSR count). The number of aliphatic hydroxyl groups is 1. The number of amides is 2. The van der Waals surface area contributed by atoms with E-state index >= 15 is 0 Å². The van der Waals surface area contributed by atoms with Crippen molar-refractivity contribution in [2.45, 2.75) is 38.9 Å². The molecular formula is C18H23ClN4O4. The van der Waals surface area contributed by atoms with Crippen LogP contribution in [0.5, 0.6) is 0 Å². The van der Waals surface area contributed by atoms with Crippen molar-refractivity contribution in [3.63, 3.8) is 0 Å². The van der Waals surface area contributed by atoms with Crippen molar-refractivity contribution >= 4 is 17.6 Å². The standard InChI is InChI=1S/C18H23ClN4O4/c1-3-23-10-13(15(25)21-17(23)27)9-20-16(26)22-18(2,11-24)8-12-4-6-14(19)7-5-12/h4-7,10,24H,3,8-9,11H2,1-2H3,(H2,20,22,26)(H,21,25,27). The first-order valence-corrected chi connectivity index (χ1v) is 8.88. The van der Waals surface area contributed by atoms with E-state index in [9.17, 15) is 19.5 Å². The zero-order valence-corrected chi connectivity index (χ0v) is 16.0. The van der Waals surface area contributed by atoms with Crippen LogP contribution in [0.3, 0.4) is 0 Å². The molecule has 1 aromatic carbocycles. The van der Waals surface area contributed by atoms with Crippen molar-refractivity contribution in [1.82, 2.24) is 20.2 Å². The van der Waals surface area contributed by atoms with Crippen molar-refractivity contribution in [3.8, 4) is 0 Å². The van der Waals surface area contributed by atoms with E-state index in [-0.39, 0.29) is 18.7 Å². The minimum absolute atomic E-state index is 0.0517. The molecule has 0 aliphatic carbocycles. The van der Waals surface area contributed by atoms with Gasteiger partial charge in [0.1, 0.15) is 0 Å². The Morgan fingerprint density at radius 3 is 2.56 bits per heavy atom. The highest BCUT2D eigenvalue weighted by Gasteiger charge is 2.26. The summed E-state index contributed by atoms with van der Waals surface area (Å²) in [6, 6.07) is 6.59. The fourth-order valence-corrected chi connectivity index (χ4v) is 2.73. The van der Waals surface area contributed by atoms with Gasteiger partial charge in [-0.1, -0.05) is 23.7 Å². The number of benzene rings is 1. The van der Waals surface area contributed by atoms with Gasteiger partial charge in [0.05, 0.1) is 24.3 Å². The van der Waals surface area contributed by atoms with Crippen LogP contribution in [-0.4, -0.2) is 32.8 Å². The Kier molecular flexibility index (Phi) is 6.81. The van der Waals surface area contributed by atoms with Crippen molar-refractivity contribution in [2.75, 3.05) is 6.61 Å². The maximum Gasteiger partial charge on any atom is 0.328 e. The lowest BCUT2D eigenvalue weighted by molar-refractivity contribution is 0.170. The van der Waals surface area contributed by atoms with Crippen LogP contribution in [0.4, 0.5) is 4.79 Å². The smallest absolute Gasteiger partial charge is 0.328 e. The first kappa shape index (κ1) is 20.7. The number of halogens is 1. The van der Waals surface area contributed by atoms with Gasteiger partial charge in [0.15, 0.2) is 0 Å². The third-order valence-corrected chi connectivity index (χ3v) is 4.39. The quantitative estimate of drug-likeness (QED) is 0.560. The normalized spacial score (nSPS) is 13.0. The van der Waals surface area contributed by atoms with Crippen LogP contribution in [0.1, 0.15) is 25.0 Å². The van der Waals surface area contributed by atoms with Crippen LogP contribution in [0.2, 0.25) is 5.02 Å². The lowest BCUT2D eigenvalue weighted by Crippen LogP contribution is -2.54. The molecule has 8 nitrogen and oxygen atoms in total. The molecule has 2 amide bonds. The summed E-state index contributed by atoms with van der Waals surface area (Å²) in [5.41, 5.74) is -0.771. The number of aryl methyl sites for hydroxylation is 1. The summed E-state index contributed by atoms with van der Waals surface area (Å²) in [6.07, 6.45) is 1.82. The fourth-order valence-electron chi connectivity index (χ4n) is 2.60. The summed E-state index contributed by atoms with van der Waals surface area (Å²) in [7, 11) is 0. The van der Waals surface area contributed by atoms with E-state index in [0.29, 0.717) is 18.0 Å². The van der Waals surface area contributed by atoms with Crippen LogP contribution >= 0.6 is 11.6 Å². The molecule has 0 spiro atoms. The highest BCUT2D eigenvalue weighted by atomic mass is 35.5. The molecule has 1 unspecified atom stereocenters. The Morgan fingerprint density at radius 2 is 1.96 bits per heavy atom. The number of aliphatic hydroxyl groups excluding tert-OH is 1. The predicted octanol–water partition coefficient (Wildman–Crippen LogP) is 1.00. The van der Waals surface area contributed by atoms with Crippen LogP contribution < -0.4 is 21.9 Å². The molecule has 0 saturated carbocycles. The fraction of sp³-hybridized carbons (Fsp3) is 0.389. The lowest BCUT2D eigenvalue weighted by atomic mass is 9.94. The molecule has 4 N–H and O–H groups in total. The number of aromatic nitrogens is 2. The monoisotopic (exact) mass is 394 g/mol. The van der Waals surface area contributed by atoms with E-state index < -0.39 is 22.8 Å². The first-order valence-electron chi connectivity index (χ1n) is 8.50. The minimum atomic E-state index is -0.896. The zero-order chi connectivity index (χ0) is 20.0. The minimum Gasteiger partial charge on any atom is -0.394 e. The van der Waals surface area contributed by atoms with Crippen LogP contribution in [0.15, 0.2) is 40.1 Å². The van der Waals surface area contributed by atoms with Crippen molar-refractivity contribution in [2.24, 2.45) is 0 Å². The maximum atomic E-state index is 12.2. The molecule has 1 aromatic heterocycles. The number of hydrogen-bond acceptors (Lipinski definition) is 4. The molecule has 0 fully saturated rings. The first-order chi connectivity index (χ1) is 12.8. The molecule has 0 bridgehead atoms. The van der Waals surface area contributed by atoms with Gasteiger partial charge in [0.2, 0.25) is 0 Å². The van der Waals surface area contributed by atoms with Crippen LogP contribution in [-0.2, 0) is 19.5 Å². The van der Waals surface area contributed by atoms with Crippen molar-refractivity contribution < 1.29 is 9.90 Å². The summed E-state index contributed by atoms with van der Waals surface area (Å²) in [5.74, 6) is 0. The topological polar surface area (TPSA) is 116 Å². The van der Waals surface area contributed by atoms with Gasteiger partial charge in [0.25, 0.3) is 5.56 Å². The number of H-pyrrole nitrogens is 1. The molecule has 0 radical (unpaired) electrons. The molecule has 146 valence electrons. The number of nitrogens with zero attached hydrogens (tertiary/aromatic N) is 1. The molecule has 0 aliphatic heterocycles. The summed E-state index contributed by atoms with van der Waals surface area (Å²) < 4.78 is 1.34. The van der Waals surface area contributed by atoms with Gasteiger partial charge in [-0.3, -0.25) is 9.78 Å². The van der Waals surface area contributed by atoms with E-state index in [1.165, 1.54) is 10.8 Å². The van der Waals surface area contributed by atoms with Crippen molar-refractivity contribution in [3.05, 3.63) is 67.4 Å². The second-order valence-electron chi connectivity index (χ2n) is 6.53. The maximum absolute atomic E-state index is 12.2. The van der Waals surface area contributed by atoms with Gasteiger partial charge in [-0.15, -0.1) is 0 Å². The van der Waals surface area contributed by atoms with Crippen molar-refractivity contribution in [1.29, 1.82) is 0 Å². The van der Waals surface area contributed by atoms with E-state index in [1.54, 1.807) is 26.0 Å². The molecule has 0 aliphatic rings. The summed E-state index contributed by atoms with van der Waals surface area (Å²) >= 11 is 5.87. The highest BCUT2D eigenvalue weighted by Crippen LogP contribution is 2.16. The van der Waals surface area contributed by atoms with Gasteiger partial charge in [-0.25, -0.2) is 9.59 Å². The number of carbonyl (C=O) groups excluding carboxylic acids is 1. The number of rotatable bonds is 7. The number of nitrogens with one attached hydrogen (secondary N) is 3. The van der Waals surface area contributed by atoms with E-state index in [4.69, 9.17) is 11.6 Å². The highest BCUT2D eigenvalue weighted by molar-refractivity contribution is 6.30. The predicted molar refractivity (Wildman–Crippen MR) is 103 cm³/mol. The van der Waals surface area contributed by atoms with Gasteiger partial charge < -0.3 is 20.3 Å². The largest absolute Gasteiger partial charge is 0.394 e. The Balaban J connectivity index is 2.01. The molecular weight excluding hydrogens is 372 g/mol. The molecule has 1 heterocycles. The molecule has 2 aromatic rings. The third kappa shape index (κ3) is 5.70. The van der Waals surface area contributed by atoms with Gasteiger partial charge in [0, 0.05) is 17.8 Å². The number of aromatic amines is 1. The second-order valence-corrected chi connectivity index (χ2v) is 6.97. The third-order valence-electron chi connectivity index (χ3n) is 4.14. The van der Waals surface area contributed by atoms with Gasteiger partial charge in [-0.2, -0.15) is 0 Å². The Bertz CT molecular complexity index is 907. The summed E-state index contributed by atoms with van der Waals surface area (Å²) in [6.45, 7) is 3.56. The number of carbonyl (C=O) groups is 1. The SMILES string of the molecule is CCn1cc(CNC(=O)NC(C)(CO)Cc2ccc(Cl)cc2)c(=O)[nH]c1=O. The number of hydrogen-bond donors (Lipinski definition) is 4.